The zero-order chi connectivity index (χ0) is 16.9. The van der Waals surface area contributed by atoms with Crippen LogP contribution in [0.5, 0.6) is 0 Å². The Morgan fingerprint density at radius 1 is 1.23 bits per heavy atom. The first-order valence-corrected chi connectivity index (χ1v) is 7.21. The summed E-state index contributed by atoms with van der Waals surface area (Å²) >= 11 is 5.95. The van der Waals surface area contributed by atoms with Crippen molar-refractivity contribution < 1.29 is 19.5 Å². The lowest BCUT2D eigenvalue weighted by Gasteiger charge is -2.12. The molecular weight excluding hydrogens is 308 g/mol. The second-order valence-corrected chi connectivity index (χ2v) is 5.78. The maximum Gasteiger partial charge on any atom is 0.325 e. The summed E-state index contributed by atoms with van der Waals surface area (Å²) in [6.07, 6.45) is 0.361. The van der Waals surface area contributed by atoms with Crippen molar-refractivity contribution in [1.82, 2.24) is 5.32 Å². The number of rotatable bonds is 6. The molecule has 6 nitrogen and oxygen atoms in total. The number of carboxylic acid groups (broad SMARTS) is 1. The molecule has 22 heavy (non-hydrogen) atoms. The van der Waals surface area contributed by atoms with Crippen LogP contribution in [0.4, 0.5) is 5.69 Å². The number of hydrogen-bond acceptors (Lipinski definition) is 3. The van der Waals surface area contributed by atoms with Crippen molar-refractivity contribution in [2.45, 2.75) is 33.2 Å². The maximum atomic E-state index is 12.0. The minimum absolute atomic E-state index is 0.108. The van der Waals surface area contributed by atoms with E-state index >= 15 is 0 Å². The smallest absolute Gasteiger partial charge is 0.325 e. The average Bonchev–Trinajstić information content (AvgIpc) is 2.39. The van der Waals surface area contributed by atoms with E-state index in [1.165, 1.54) is 19.1 Å². The summed E-state index contributed by atoms with van der Waals surface area (Å²) in [5, 5.41) is 14.0. The molecule has 1 aromatic rings. The van der Waals surface area contributed by atoms with Crippen LogP contribution >= 0.6 is 11.6 Å². The van der Waals surface area contributed by atoms with Gasteiger partial charge in [0, 0.05) is 12.1 Å². The molecule has 7 heteroatoms. The summed E-state index contributed by atoms with van der Waals surface area (Å²) < 4.78 is 0. The van der Waals surface area contributed by atoms with Gasteiger partial charge in [-0.3, -0.25) is 14.4 Å². The summed E-state index contributed by atoms with van der Waals surface area (Å²) in [6, 6.07) is 3.44. The fraction of sp³-hybridized carbons (Fsp3) is 0.400. The largest absolute Gasteiger partial charge is 0.480 e. The van der Waals surface area contributed by atoms with Crippen LogP contribution in [0.3, 0.4) is 0 Å². The van der Waals surface area contributed by atoms with E-state index in [1.807, 2.05) is 13.8 Å². The molecule has 0 saturated carbocycles. The minimum atomic E-state index is -1.15. The third-order valence-electron chi connectivity index (χ3n) is 2.81. The first kappa shape index (κ1) is 18.0. The van der Waals surface area contributed by atoms with E-state index in [2.05, 4.69) is 10.6 Å². The minimum Gasteiger partial charge on any atom is -0.480 e. The van der Waals surface area contributed by atoms with Crippen LogP contribution in [0.15, 0.2) is 18.2 Å². The molecule has 0 unspecified atom stereocenters. The van der Waals surface area contributed by atoms with E-state index in [-0.39, 0.29) is 22.4 Å². The van der Waals surface area contributed by atoms with Gasteiger partial charge in [-0.1, -0.05) is 25.4 Å². The van der Waals surface area contributed by atoms with Crippen molar-refractivity contribution in [3.05, 3.63) is 28.8 Å². The fourth-order valence-electron chi connectivity index (χ4n) is 1.70. The average molecular weight is 327 g/mol. The summed E-state index contributed by atoms with van der Waals surface area (Å²) in [4.78, 5) is 34.5. The topological polar surface area (TPSA) is 95.5 Å². The van der Waals surface area contributed by atoms with Gasteiger partial charge in [-0.05, 0) is 31.0 Å². The van der Waals surface area contributed by atoms with Crippen LogP contribution in [0.25, 0.3) is 0 Å². The highest BCUT2D eigenvalue weighted by atomic mass is 35.5. The van der Waals surface area contributed by atoms with E-state index in [1.54, 1.807) is 6.07 Å². The Labute approximate surface area is 133 Å². The molecule has 0 aliphatic heterocycles. The molecule has 1 atom stereocenters. The molecule has 2 amide bonds. The summed E-state index contributed by atoms with van der Waals surface area (Å²) in [5.74, 6) is -1.71. The van der Waals surface area contributed by atoms with E-state index in [0.717, 1.165) is 0 Å². The normalized spacial score (nSPS) is 11.9. The van der Waals surface area contributed by atoms with Gasteiger partial charge < -0.3 is 15.7 Å². The van der Waals surface area contributed by atoms with Gasteiger partial charge in [0.2, 0.25) is 5.91 Å². The van der Waals surface area contributed by atoms with Crippen molar-refractivity contribution in [1.29, 1.82) is 0 Å². The molecule has 3 N–H and O–H groups in total. The highest BCUT2D eigenvalue weighted by Gasteiger charge is 2.18. The molecule has 0 aliphatic rings. The Hall–Kier alpha value is -2.08. The van der Waals surface area contributed by atoms with Crippen molar-refractivity contribution >= 4 is 35.1 Å². The molecule has 0 spiro atoms. The van der Waals surface area contributed by atoms with E-state index < -0.39 is 17.9 Å². The number of hydrogen-bond donors (Lipinski definition) is 3. The Kier molecular flexibility index (Phi) is 6.37. The van der Waals surface area contributed by atoms with Gasteiger partial charge in [0.25, 0.3) is 5.91 Å². The lowest BCUT2D eigenvalue weighted by atomic mass is 10.1. The van der Waals surface area contributed by atoms with E-state index in [9.17, 15) is 14.4 Å². The Balaban J connectivity index is 2.88. The van der Waals surface area contributed by atoms with Crippen molar-refractivity contribution in [3.8, 4) is 0 Å². The maximum absolute atomic E-state index is 12.0. The number of carbonyl (C=O) groups is 3. The molecule has 120 valence electrons. The van der Waals surface area contributed by atoms with Crippen molar-refractivity contribution in [2.24, 2.45) is 5.92 Å². The summed E-state index contributed by atoms with van der Waals surface area (Å²) in [7, 11) is 0. The fourth-order valence-corrected chi connectivity index (χ4v) is 1.90. The van der Waals surface area contributed by atoms with Crippen molar-refractivity contribution in [2.75, 3.05) is 5.32 Å². The predicted molar refractivity (Wildman–Crippen MR) is 84.1 cm³/mol. The lowest BCUT2D eigenvalue weighted by molar-refractivity contribution is -0.138. The zero-order valence-electron chi connectivity index (χ0n) is 12.6. The highest BCUT2D eigenvalue weighted by Crippen LogP contribution is 2.21. The van der Waals surface area contributed by atoms with Gasteiger partial charge in [-0.2, -0.15) is 0 Å². The summed E-state index contributed by atoms with van der Waals surface area (Å²) in [6.45, 7) is 5.20. The number of anilines is 1. The predicted octanol–water partition coefficient (Wildman–Crippen LogP) is 2.53. The first-order valence-electron chi connectivity index (χ1n) is 6.83. The van der Waals surface area contributed by atoms with E-state index in [0.29, 0.717) is 12.1 Å². The molecule has 0 fully saturated rings. The molecular formula is C15H19ClN2O4. The molecule has 0 aliphatic carbocycles. The third-order valence-corrected chi connectivity index (χ3v) is 3.14. The number of nitrogens with one attached hydrogen (secondary N) is 2. The summed E-state index contributed by atoms with van der Waals surface area (Å²) in [5.41, 5.74) is 0.542. The number of benzene rings is 1. The van der Waals surface area contributed by atoms with Gasteiger partial charge in [0.05, 0.1) is 10.6 Å². The van der Waals surface area contributed by atoms with Crippen LogP contribution in [0.1, 0.15) is 37.6 Å². The zero-order valence-corrected chi connectivity index (χ0v) is 13.4. The monoisotopic (exact) mass is 326 g/mol. The number of halogens is 1. The number of aliphatic carboxylic acids is 1. The van der Waals surface area contributed by atoms with Gasteiger partial charge in [-0.25, -0.2) is 0 Å². The van der Waals surface area contributed by atoms with Crippen LogP contribution in [0, 0.1) is 5.92 Å². The molecule has 0 saturated heterocycles. The molecule has 0 radical (unpaired) electrons. The lowest BCUT2D eigenvalue weighted by Crippen LogP contribution is -2.38. The second-order valence-electron chi connectivity index (χ2n) is 5.37. The Morgan fingerprint density at radius 3 is 2.41 bits per heavy atom. The second kappa shape index (κ2) is 7.79. The molecule has 1 rings (SSSR count). The van der Waals surface area contributed by atoms with Gasteiger partial charge in [-0.15, -0.1) is 0 Å². The van der Waals surface area contributed by atoms with Crippen LogP contribution in [-0.2, 0) is 9.59 Å². The standard InChI is InChI=1S/C15H19ClN2O4/c1-8(2)6-13(19)18-10-4-5-12(16)11(7-10)14(20)17-9(3)15(21)22/h4-5,7-9H,6H2,1-3H3,(H,17,20)(H,18,19)(H,21,22)/t9-/m1/s1. The van der Waals surface area contributed by atoms with E-state index in [4.69, 9.17) is 16.7 Å². The molecule has 0 heterocycles. The van der Waals surface area contributed by atoms with Crippen LogP contribution in [0.2, 0.25) is 5.02 Å². The number of carbonyl (C=O) groups excluding carboxylic acids is 2. The molecule has 1 aromatic carbocycles. The number of carboxylic acids is 1. The SMILES string of the molecule is CC(C)CC(=O)Nc1ccc(Cl)c(C(=O)N[C@H](C)C(=O)O)c1. The van der Waals surface area contributed by atoms with Gasteiger partial charge in [0.1, 0.15) is 6.04 Å². The van der Waals surface area contributed by atoms with Crippen LogP contribution in [-0.4, -0.2) is 28.9 Å². The molecule has 0 bridgehead atoms. The van der Waals surface area contributed by atoms with Crippen molar-refractivity contribution in [3.63, 3.8) is 0 Å². The quantitative estimate of drug-likeness (QED) is 0.748. The third kappa shape index (κ3) is 5.37. The van der Waals surface area contributed by atoms with Gasteiger partial charge in [0.15, 0.2) is 0 Å². The van der Waals surface area contributed by atoms with Crippen LogP contribution < -0.4 is 10.6 Å². The Morgan fingerprint density at radius 2 is 1.86 bits per heavy atom. The number of amides is 2. The highest BCUT2D eigenvalue weighted by molar-refractivity contribution is 6.34. The van der Waals surface area contributed by atoms with Gasteiger partial charge >= 0.3 is 5.97 Å². The first-order chi connectivity index (χ1) is 10.2. The molecule has 0 aromatic heterocycles. The Bertz CT molecular complexity index is 587.